The van der Waals surface area contributed by atoms with Crippen LogP contribution in [0.2, 0.25) is 0 Å². The molecule has 0 saturated carbocycles. The number of nitrogens with one attached hydrogen (secondary N) is 1. The summed E-state index contributed by atoms with van der Waals surface area (Å²) in [6.45, 7) is 7.43. The highest BCUT2D eigenvalue weighted by molar-refractivity contribution is 5.92. The van der Waals surface area contributed by atoms with E-state index in [-0.39, 0.29) is 12.5 Å². The molecule has 1 heterocycles. The van der Waals surface area contributed by atoms with Gasteiger partial charge in [-0.25, -0.2) is 4.68 Å². The second-order valence-electron chi connectivity index (χ2n) is 6.63. The van der Waals surface area contributed by atoms with E-state index in [9.17, 15) is 9.59 Å². The lowest BCUT2D eigenvalue weighted by Crippen LogP contribution is -2.41. The van der Waals surface area contributed by atoms with Crippen LogP contribution in [0.15, 0.2) is 36.4 Å². The van der Waals surface area contributed by atoms with Gasteiger partial charge in [-0.15, -0.1) is 0 Å². The first-order chi connectivity index (χ1) is 11.7. The highest BCUT2D eigenvalue weighted by Gasteiger charge is 2.25. The molecule has 1 aromatic carbocycles. The van der Waals surface area contributed by atoms with E-state index < -0.39 is 11.3 Å². The SMILES string of the molecule is Cc1nn(-c2ccccc2)c(C)c1C=CC(=O)NCC(C)(C)C(N)=O. The molecule has 132 valence electrons. The van der Waals surface area contributed by atoms with Crippen molar-refractivity contribution in [3.63, 3.8) is 0 Å². The molecule has 0 aliphatic heterocycles. The lowest BCUT2D eigenvalue weighted by Gasteiger charge is -2.20. The van der Waals surface area contributed by atoms with Gasteiger partial charge in [0.05, 0.1) is 16.8 Å². The van der Waals surface area contributed by atoms with Crippen LogP contribution in [0.3, 0.4) is 0 Å². The molecule has 1 aromatic heterocycles. The quantitative estimate of drug-likeness (QED) is 0.789. The predicted molar refractivity (Wildman–Crippen MR) is 98.1 cm³/mol. The summed E-state index contributed by atoms with van der Waals surface area (Å²) in [5, 5.41) is 7.24. The molecule has 6 heteroatoms. The van der Waals surface area contributed by atoms with Crippen molar-refractivity contribution in [3.05, 3.63) is 53.4 Å². The van der Waals surface area contributed by atoms with E-state index in [0.717, 1.165) is 22.6 Å². The Morgan fingerprint density at radius 2 is 1.88 bits per heavy atom. The number of benzene rings is 1. The van der Waals surface area contributed by atoms with E-state index in [1.165, 1.54) is 6.08 Å². The van der Waals surface area contributed by atoms with Crippen LogP contribution >= 0.6 is 0 Å². The van der Waals surface area contributed by atoms with Gasteiger partial charge in [-0.3, -0.25) is 9.59 Å². The summed E-state index contributed by atoms with van der Waals surface area (Å²) < 4.78 is 1.85. The van der Waals surface area contributed by atoms with Crippen molar-refractivity contribution in [2.75, 3.05) is 6.54 Å². The summed E-state index contributed by atoms with van der Waals surface area (Å²) in [5.41, 5.74) is 8.17. The van der Waals surface area contributed by atoms with Gasteiger partial charge in [-0.05, 0) is 45.9 Å². The van der Waals surface area contributed by atoms with E-state index in [1.54, 1.807) is 19.9 Å². The molecule has 6 nitrogen and oxygen atoms in total. The summed E-state index contributed by atoms with van der Waals surface area (Å²) in [7, 11) is 0. The number of aromatic nitrogens is 2. The van der Waals surface area contributed by atoms with Gasteiger partial charge < -0.3 is 11.1 Å². The van der Waals surface area contributed by atoms with E-state index in [2.05, 4.69) is 10.4 Å². The Hall–Kier alpha value is -2.89. The van der Waals surface area contributed by atoms with Crippen molar-refractivity contribution in [3.8, 4) is 5.69 Å². The summed E-state index contributed by atoms with van der Waals surface area (Å²) in [4.78, 5) is 23.3. The number of nitrogens with zero attached hydrogens (tertiary/aromatic N) is 2. The Kier molecular flexibility index (Phi) is 5.41. The molecular weight excluding hydrogens is 316 g/mol. The number of para-hydroxylation sites is 1. The summed E-state index contributed by atoms with van der Waals surface area (Å²) in [5.74, 6) is -0.729. The number of aryl methyl sites for hydroxylation is 1. The largest absolute Gasteiger partial charge is 0.369 e. The standard InChI is InChI=1S/C19H24N4O2/c1-13-16(10-11-17(24)21-12-19(3,4)18(20)25)14(2)23(22-13)15-8-6-5-7-9-15/h5-11H,12H2,1-4H3,(H2,20,25)(H,21,24). The maximum atomic E-state index is 12.0. The molecule has 3 N–H and O–H groups in total. The topological polar surface area (TPSA) is 90.0 Å². The summed E-state index contributed by atoms with van der Waals surface area (Å²) in [6, 6.07) is 9.81. The third kappa shape index (κ3) is 4.35. The lowest BCUT2D eigenvalue weighted by molar-refractivity contribution is -0.126. The Labute approximate surface area is 147 Å². The minimum Gasteiger partial charge on any atom is -0.369 e. The Morgan fingerprint density at radius 1 is 1.24 bits per heavy atom. The Bertz CT molecular complexity index is 804. The lowest BCUT2D eigenvalue weighted by atomic mass is 9.93. The van der Waals surface area contributed by atoms with Gasteiger partial charge in [0.2, 0.25) is 11.8 Å². The highest BCUT2D eigenvalue weighted by atomic mass is 16.2. The second kappa shape index (κ2) is 7.34. The molecule has 0 radical (unpaired) electrons. The van der Waals surface area contributed by atoms with E-state index in [1.807, 2.05) is 48.9 Å². The monoisotopic (exact) mass is 340 g/mol. The number of hydrogen-bond donors (Lipinski definition) is 2. The highest BCUT2D eigenvalue weighted by Crippen LogP contribution is 2.19. The zero-order valence-electron chi connectivity index (χ0n) is 15.0. The van der Waals surface area contributed by atoms with Crippen molar-refractivity contribution in [2.45, 2.75) is 27.7 Å². The smallest absolute Gasteiger partial charge is 0.244 e. The van der Waals surface area contributed by atoms with Gasteiger partial charge in [-0.2, -0.15) is 5.10 Å². The zero-order chi connectivity index (χ0) is 18.6. The summed E-state index contributed by atoms with van der Waals surface area (Å²) in [6.07, 6.45) is 3.19. The first-order valence-electron chi connectivity index (χ1n) is 8.10. The van der Waals surface area contributed by atoms with Gasteiger partial charge in [0.25, 0.3) is 0 Å². The summed E-state index contributed by atoms with van der Waals surface area (Å²) >= 11 is 0. The van der Waals surface area contributed by atoms with Gasteiger partial charge in [0.1, 0.15) is 0 Å². The normalized spacial score (nSPS) is 11.7. The molecule has 2 rings (SSSR count). The Balaban J connectivity index is 2.13. The molecule has 0 unspecified atom stereocenters. The van der Waals surface area contributed by atoms with E-state index in [4.69, 9.17) is 5.73 Å². The average molecular weight is 340 g/mol. The molecule has 25 heavy (non-hydrogen) atoms. The average Bonchev–Trinajstić information content (AvgIpc) is 2.86. The fourth-order valence-corrected chi connectivity index (χ4v) is 2.33. The zero-order valence-corrected chi connectivity index (χ0v) is 15.0. The molecule has 0 fully saturated rings. The van der Waals surface area contributed by atoms with Crippen molar-refractivity contribution in [1.29, 1.82) is 0 Å². The van der Waals surface area contributed by atoms with E-state index in [0.29, 0.717) is 0 Å². The maximum absolute atomic E-state index is 12.0. The number of nitrogens with two attached hydrogens (primary N) is 1. The Morgan fingerprint density at radius 3 is 2.48 bits per heavy atom. The number of carbonyl (C=O) groups excluding carboxylic acids is 2. The number of rotatable bonds is 6. The molecule has 0 atom stereocenters. The third-order valence-electron chi connectivity index (χ3n) is 4.12. The molecule has 0 aliphatic rings. The van der Waals surface area contributed by atoms with Gasteiger partial charge >= 0.3 is 0 Å². The maximum Gasteiger partial charge on any atom is 0.244 e. The number of primary amides is 1. The predicted octanol–water partition coefficient (Wildman–Crippen LogP) is 2.13. The molecule has 2 amide bonds. The van der Waals surface area contributed by atoms with Crippen LogP contribution in [0, 0.1) is 19.3 Å². The number of hydrogen-bond acceptors (Lipinski definition) is 3. The molecule has 0 saturated heterocycles. The number of carbonyl (C=O) groups is 2. The third-order valence-corrected chi connectivity index (χ3v) is 4.12. The fourth-order valence-electron chi connectivity index (χ4n) is 2.33. The van der Waals surface area contributed by atoms with Crippen LogP contribution in [0.25, 0.3) is 11.8 Å². The van der Waals surface area contributed by atoms with Crippen LogP contribution in [0.4, 0.5) is 0 Å². The fraction of sp³-hybridized carbons (Fsp3) is 0.316. The van der Waals surface area contributed by atoms with Crippen LogP contribution in [-0.2, 0) is 9.59 Å². The van der Waals surface area contributed by atoms with Crippen LogP contribution in [0.5, 0.6) is 0 Å². The first-order valence-corrected chi connectivity index (χ1v) is 8.10. The van der Waals surface area contributed by atoms with Crippen LogP contribution in [-0.4, -0.2) is 28.1 Å². The molecule has 0 spiro atoms. The first kappa shape index (κ1) is 18.4. The molecule has 0 bridgehead atoms. The van der Waals surface area contributed by atoms with Crippen molar-refractivity contribution >= 4 is 17.9 Å². The second-order valence-corrected chi connectivity index (χ2v) is 6.63. The van der Waals surface area contributed by atoms with Crippen molar-refractivity contribution in [1.82, 2.24) is 15.1 Å². The minimum absolute atomic E-state index is 0.187. The van der Waals surface area contributed by atoms with Crippen LogP contribution in [0.1, 0.15) is 30.8 Å². The molecule has 2 aromatic rings. The molecule has 0 aliphatic carbocycles. The van der Waals surface area contributed by atoms with Crippen molar-refractivity contribution < 1.29 is 9.59 Å². The van der Waals surface area contributed by atoms with Crippen molar-refractivity contribution in [2.24, 2.45) is 11.1 Å². The minimum atomic E-state index is -0.784. The van der Waals surface area contributed by atoms with Crippen LogP contribution < -0.4 is 11.1 Å². The van der Waals surface area contributed by atoms with Gasteiger partial charge in [-0.1, -0.05) is 18.2 Å². The van der Waals surface area contributed by atoms with Gasteiger partial charge in [0, 0.05) is 23.9 Å². The van der Waals surface area contributed by atoms with Gasteiger partial charge in [0.15, 0.2) is 0 Å². The molecular formula is C19H24N4O2. The van der Waals surface area contributed by atoms with E-state index >= 15 is 0 Å². The number of amides is 2.